The summed E-state index contributed by atoms with van der Waals surface area (Å²) in [5.74, 6) is 1.19. The molecule has 0 bridgehead atoms. The molecule has 3 atom stereocenters. The van der Waals surface area contributed by atoms with Gasteiger partial charge in [-0.25, -0.2) is 0 Å². The highest BCUT2D eigenvalue weighted by atomic mass is 16.2. The minimum Gasteiger partial charge on any atom is -0.343 e. The standard InChI is InChI=1S/C14H24N2O2/c1-9(2)11-6-4-5-7-12(11)16-8-13(17)15-10(3)14(16)18/h9-12H,4-8H2,1-3H3,(H,15,17). The Bertz CT molecular complexity index is 341. The molecular weight excluding hydrogens is 228 g/mol. The number of nitrogens with zero attached hydrogens (tertiary/aromatic N) is 1. The maximum Gasteiger partial charge on any atom is 0.245 e. The van der Waals surface area contributed by atoms with Crippen LogP contribution >= 0.6 is 0 Å². The van der Waals surface area contributed by atoms with Gasteiger partial charge in [-0.15, -0.1) is 0 Å². The molecule has 1 heterocycles. The summed E-state index contributed by atoms with van der Waals surface area (Å²) in [5, 5.41) is 2.71. The highest BCUT2D eigenvalue weighted by molar-refractivity contribution is 5.94. The third-order valence-electron chi connectivity index (χ3n) is 4.38. The fraction of sp³-hybridized carbons (Fsp3) is 0.857. The molecule has 0 aromatic heterocycles. The third-order valence-corrected chi connectivity index (χ3v) is 4.38. The Morgan fingerprint density at radius 3 is 2.56 bits per heavy atom. The van der Waals surface area contributed by atoms with Crippen LogP contribution in [0.25, 0.3) is 0 Å². The molecule has 4 heteroatoms. The zero-order chi connectivity index (χ0) is 13.3. The van der Waals surface area contributed by atoms with Gasteiger partial charge in [0, 0.05) is 6.04 Å². The van der Waals surface area contributed by atoms with Crippen LogP contribution in [0.4, 0.5) is 0 Å². The summed E-state index contributed by atoms with van der Waals surface area (Å²) in [6, 6.07) is -0.0965. The van der Waals surface area contributed by atoms with Crippen molar-refractivity contribution in [3.63, 3.8) is 0 Å². The van der Waals surface area contributed by atoms with E-state index in [1.165, 1.54) is 19.3 Å². The number of carbonyl (C=O) groups excluding carboxylic acids is 2. The maximum absolute atomic E-state index is 12.2. The smallest absolute Gasteiger partial charge is 0.245 e. The second-order valence-electron chi connectivity index (χ2n) is 6.02. The minimum absolute atomic E-state index is 0.0184. The molecule has 1 saturated heterocycles. The van der Waals surface area contributed by atoms with Gasteiger partial charge in [-0.05, 0) is 31.6 Å². The Hall–Kier alpha value is -1.06. The Balaban J connectivity index is 2.16. The van der Waals surface area contributed by atoms with E-state index >= 15 is 0 Å². The summed E-state index contributed by atoms with van der Waals surface area (Å²) in [4.78, 5) is 25.7. The Kier molecular flexibility index (Phi) is 3.93. The first-order valence-electron chi connectivity index (χ1n) is 7.10. The zero-order valence-electron chi connectivity index (χ0n) is 11.6. The summed E-state index contributed by atoms with van der Waals surface area (Å²) < 4.78 is 0. The van der Waals surface area contributed by atoms with Crippen LogP contribution in [0.3, 0.4) is 0 Å². The molecule has 2 rings (SSSR count). The van der Waals surface area contributed by atoms with Crippen molar-refractivity contribution in [1.29, 1.82) is 0 Å². The van der Waals surface area contributed by atoms with Gasteiger partial charge in [0.25, 0.3) is 0 Å². The molecule has 0 aromatic rings. The van der Waals surface area contributed by atoms with Gasteiger partial charge in [0.1, 0.15) is 6.04 Å². The number of piperazine rings is 1. The number of carbonyl (C=O) groups is 2. The van der Waals surface area contributed by atoms with Crippen LogP contribution in [0.1, 0.15) is 46.5 Å². The van der Waals surface area contributed by atoms with Crippen LogP contribution in [0, 0.1) is 11.8 Å². The van der Waals surface area contributed by atoms with E-state index in [4.69, 9.17) is 0 Å². The first kappa shape index (κ1) is 13.4. The topological polar surface area (TPSA) is 49.4 Å². The van der Waals surface area contributed by atoms with Crippen molar-refractivity contribution in [1.82, 2.24) is 10.2 Å². The molecule has 3 unspecified atom stereocenters. The van der Waals surface area contributed by atoms with Crippen molar-refractivity contribution in [3.05, 3.63) is 0 Å². The molecule has 1 saturated carbocycles. The van der Waals surface area contributed by atoms with E-state index in [1.54, 1.807) is 6.92 Å². The molecule has 2 amide bonds. The van der Waals surface area contributed by atoms with Crippen LogP contribution in [0.2, 0.25) is 0 Å². The molecule has 1 aliphatic heterocycles. The summed E-state index contributed by atoms with van der Waals surface area (Å²) in [7, 11) is 0. The first-order valence-corrected chi connectivity index (χ1v) is 7.10. The lowest BCUT2D eigenvalue weighted by atomic mass is 9.76. The molecule has 1 aliphatic carbocycles. The molecule has 102 valence electrons. The molecule has 0 aromatic carbocycles. The number of nitrogens with one attached hydrogen (secondary N) is 1. The third kappa shape index (κ3) is 2.52. The van der Waals surface area contributed by atoms with E-state index in [-0.39, 0.29) is 30.4 Å². The summed E-state index contributed by atoms with van der Waals surface area (Å²) in [6.45, 7) is 6.47. The van der Waals surface area contributed by atoms with Gasteiger partial charge in [0.15, 0.2) is 0 Å². The average molecular weight is 252 g/mol. The van der Waals surface area contributed by atoms with Gasteiger partial charge in [-0.3, -0.25) is 9.59 Å². The van der Waals surface area contributed by atoms with Crippen LogP contribution in [0.5, 0.6) is 0 Å². The zero-order valence-corrected chi connectivity index (χ0v) is 11.6. The molecule has 0 spiro atoms. The fourth-order valence-electron chi connectivity index (χ4n) is 3.42. The SMILES string of the molecule is CC1NC(=O)CN(C2CCCCC2C(C)C)C1=O. The van der Waals surface area contributed by atoms with Gasteiger partial charge in [-0.2, -0.15) is 0 Å². The lowest BCUT2D eigenvalue weighted by molar-refractivity contribution is -0.148. The van der Waals surface area contributed by atoms with Crippen LogP contribution in [-0.4, -0.2) is 35.3 Å². The van der Waals surface area contributed by atoms with Gasteiger partial charge in [0.05, 0.1) is 6.54 Å². The second-order valence-corrected chi connectivity index (χ2v) is 6.02. The van der Waals surface area contributed by atoms with Gasteiger partial charge in [-0.1, -0.05) is 26.7 Å². The van der Waals surface area contributed by atoms with E-state index in [1.807, 2.05) is 4.90 Å². The average Bonchev–Trinajstić information content (AvgIpc) is 2.33. The Labute approximate surface area is 109 Å². The maximum atomic E-state index is 12.2. The van der Waals surface area contributed by atoms with Crippen molar-refractivity contribution in [3.8, 4) is 0 Å². The molecular formula is C14H24N2O2. The normalized spacial score (nSPS) is 33.8. The molecule has 1 N–H and O–H groups in total. The predicted molar refractivity (Wildman–Crippen MR) is 69.9 cm³/mol. The van der Waals surface area contributed by atoms with Gasteiger partial charge < -0.3 is 10.2 Å². The van der Waals surface area contributed by atoms with Gasteiger partial charge in [0.2, 0.25) is 11.8 Å². The van der Waals surface area contributed by atoms with E-state index in [9.17, 15) is 9.59 Å². The molecule has 2 fully saturated rings. The predicted octanol–water partition coefficient (Wildman–Crippen LogP) is 1.55. The number of rotatable bonds is 2. The fourth-order valence-corrected chi connectivity index (χ4v) is 3.42. The van der Waals surface area contributed by atoms with Crippen LogP contribution in [-0.2, 0) is 9.59 Å². The Morgan fingerprint density at radius 2 is 1.89 bits per heavy atom. The lowest BCUT2D eigenvalue weighted by Crippen LogP contribution is -2.61. The summed E-state index contributed by atoms with van der Waals surface area (Å²) >= 11 is 0. The quantitative estimate of drug-likeness (QED) is 0.810. The summed E-state index contributed by atoms with van der Waals surface area (Å²) in [6.07, 6.45) is 4.66. The number of hydrogen-bond acceptors (Lipinski definition) is 2. The van der Waals surface area contributed by atoms with Crippen molar-refractivity contribution in [2.24, 2.45) is 11.8 Å². The van der Waals surface area contributed by atoms with Crippen LogP contribution < -0.4 is 5.32 Å². The molecule has 0 radical (unpaired) electrons. The van der Waals surface area contributed by atoms with Crippen molar-refractivity contribution in [2.45, 2.75) is 58.5 Å². The Morgan fingerprint density at radius 1 is 1.22 bits per heavy atom. The molecule has 2 aliphatic rings. The first-order chi connectivity index (χ1) is 8.50. The minimum atomic E-state index is -0.360. The number of amides is 2. The van der Waals surface area contributed by atoms with Crippen molar-refractivity contribution >= 4 is 11.8 Å². The van der Waals surface area contributed by atoms with Gasteiger partial charge >= 0.3 is 0 Å². The summed E-state index contributed by atoms with van der Waals surface area (Å²) in [5.41, 5.74) is 0. The van der Waals surface area contributed by atoms with Crippen LogP contribution in [0.15, 0.2) is 0 Å². The largest absolute Gasteiger partial charge is 0.343 e. The monoisotopic (exact) mass is 252 g/mol. The van der Waals surface area contributed by atoms with E-state index < -0.39 is 0 Å². The lowest BCUT2D eigenvalue weighted by Gasteiger charge is -2.44. The van der Waals surface area contributed by atoms with Crippen molar-refractivity contribution < 1.29 is 9.59 Å². The van der Waals surface area contributed by atoms with E-state index in [2.05, 4.69) is 19.2 Å². The van der Waals surface area contributed by atoms with E-state index in [0.29, 0.717) is 11.8 Å². The van der Waals surface area contributed by atoms with Crippen molar-refractivity contribution in [2.75, 3.05) is 6.54 Å². The highest BCUT2D eigenvalue weighted by Gasteiger charge is 2.39. The second kappa shape index (κ2) is 5.29. The van der Waals surface area contributed by atoms with E-state index in [0.717, 1.165) is 6.42 Å². The number of hydrogen-bond donors (Lipinski definition) is 1. The molecule has 4 nitrogen and oxygen atoms in total. The molecule has 18 heavy (non-hydrogen) atoms. The highest BCUT2D eigenvalue weighted by Crippen LogP contribution is 2.34.